The first-order valence-electron chi connectivity index (χ1n) is 13.5. The molecule has 1 aromatic heterocycles. The van der Waals surface area contributed by atoms with Crippen molar-refractivity contribution in [3.05, 3.63) is 42.2 Å². The van der Waals surface area contributed by atoms with E-state index in [1.54, 1.807) is 0 Å². The number of carbonyl (C=O) groups excluding carboxylic acids is 1. The van der Waals surface area contributed by atoms with Gasteiger partial charge in [-0.1, -0.05) is 30.3 Å². The van der Waals surface area contributed by atoms with Gasteiger partial charge in [-0.05, 0) is 38.3 Å². The molecule has 1 amide bonds. The van der Waals surface area contributed by atoms with Crippen LogP contribution in [0.25, 0.3) is 0 Å². The van der Waals surface area contributed by atoms with E-state index in [4.69, 9.17) is 9.47 Å². The number of nitrogens with zero attached hydrogens (tertiary/aromatic N) is 6. The average Bonchev–Trinajstić information content (AvgIpc) is 3.59. The normalized spacial score (nSPS) is 25.2. The van der Waals surface area contributed by atoms with Gasteiger partial charge in [-0.3, -0.25) is 9.69 Å². The van der Waals surface area contributed by atoms with Crippen LogP contribution in [0.2, 0.25) is 0 Å². The minimum atomic E-state index is -0.108. The van der Waals surface area contributed by atoms with Crippen LogP contribution in [0.15, 0.2) is 36.5 Å². The summed E-state index contributed by atoms with van der Waals surface area (Å²) in [5.41, 5.74) is 2.32. The summed E-state index contributed by atoms with van der Waals surface area (Å²) in [6, 6.07) is 10.8. The van der Waals surface area contributed by atoms with Crippen LogP contribution < -0.4 is 4.90 Å². The number of para-hydroxylation sites is 1. The number of morpholine rings is 1. The van der Waals surface area contributed by atoms with Crippen molar-refractivity contribution in [1.82, 2.24) is 24.8 Å². The quantitative estimate of drug-likeness (QED) is 0.556. The van der Waals surface area contributed by atoms with Crippen LogP contribution in [0.5, 0.6) is 0 Å². The Morgan fingerprint density at radius 2 is 1.78 bits per heavy atom. The van der Waals surface area contributed by atoms with Crippen molar-refractivity contribution >= 4 is 11.6 Å². The first-order valence-corrected chi connectivity index (χ1v) is 13.5. The highest BCUT2D eigenvalue weighted by Gasteiger charge is 2.36. The van der Waals surface area contributed by atoms with E-state index in [1.807, 2.05) is 16.5 Å². The Labute approximate surface area is 214 Å². The second-order valence-corrected chi connectivity index (χ2v) is 10.5. The lowest BCUT2D eigenvalue weighted by Gasteiger charge is -2.35. The molecule has 4 atom stereocenters. The summed E-state index contributed by atoms with van der Waals surface area (Å²) in [4.78, 5) is 19.7. The van der Waals surface area contributed by atoms with E-state index in [1.165, 1.54) is 5.69 Å². The molecule has 2 aromatic rings. The summed E-state index contributed by atoms with van der Waals surface area (Å²) in [5, 5.41) is 8.89. The van der Waals surface area contributed by atoms with Crippen molar-refractivity contribution in [1.29, 1.82) is 0 Å². The molecule has 3 unspecified atom stereocenters. The number of piperazine rings is 1. The monoisotopic (exact) mass is 496 g/mol. The number of rotatable bonds is 8. The Morgan fingerprint density at radius 3 is 2.53 bits per heavy atom. The molecular formula is C27H40N6O3. The van der Waals surface area contributed by atoms with Crippen LogP contribution in [-0.2, 0) is 20.8 Å². The van der Waals surface area contributed by atoms with E-state index in [2.05, 4.69) is 63.6 Å². The van der Waals surface area contributed by atoms with Gasteiger partial charge in [0, 0.05) is 51.5 Å². The van der Waals surface area contributed by atoms with E-state index in [9.17, 15) is 4.79 Å². The Morgan fingerprint density at radius 1 is 1.03 bits per heavy atom. The molecule has 9 nitrogen and oxygen atoms in total. The molecule has 0 spiro atoms. The number of amides is 1. The fraction of sp³-hybridized carbons (Fsp3) is 0.667. The van der Waals surface area contributed by atoms with Gasteiger partial charge in [0.25, 0.3) is 0 Å². The van der Waals surface area contributed by atoms with Gasteiger partial charge < -0.3 is 19.3 Å². The molecule has 36 heavy (non-hydrogen) atoms. The molecule has 0 radical (unpaired) electrons. The number of aromatic nitrogens is 3. The zero-order valence-corrected chi connectivity index (χ0v) is 21.7. The van der Waals surface area contributed by atoms with Crippen molar-refractivity contribution in [3.8, 4) is 0 Å². The molecule has 3 fully saturated rings. The molecule has 3 saturated heterocycles. The number of ether oxygens (including phenoxy) is 2. The first-order chi connectivity index (χ1) is 17.6. The van der Waals surface area contributed by atoms with Crippen LogP contribution >= 0.6 is 0 Å². The smallest absolute Gasteiger partial charge is 0.228 e. The van der Waals surface area contributed by atoms with Gasteiger partial charge in [0.05, 0.1) is 49.3 Å². The molecule has 3 aliphatic rings. The summed E-state index contributed by atoms with van der Waals surface area (Å²) in [6.07, 6.45) is 5.05. The standard InChI is InChI=1S/C27H40N6O3/c1-21(18-25-8-9-26(36-25)22(2)27(34)32-14-16-35-17-15-32)33-20-23(28-29-33)19-30-10-12-31(13-11-30)24-6-4-3-5-7-24/h3-7,20-22,25-26H,8-19H2,1-2H3/t21?,22-,25?,26?/m0/s1. The molecule has 1 aromatic carbocycles. The average molecular weight is 497 g/mol. The van der Waals surface area contributed by atoms with Crippen LogP contribution in [0, 0.1) is 5.92 Å². The third kappa shape index (κ3) is 6.07. The maximum Gasteiger partial charge on any atom is 0.228 e. The third-order valence-electron chi connectivity index (χ3n) is 7.90. The van der Waals surface area contributed by atoms with Crippen molar-refractivity contribution in [2.75, 3.05) is 57.4 Å². The molecule has 4 heterocycles. The lowest BCUT2D eigenvalue weighted by molar-refractivity contribution is -0.144. The topological polar surface area (TPSA) is 76.0 Å². The number of anilines is 1. The fourth-order valence-electron chi connectivity index (χ4n) is 5.63. The molecule has 3 aliphatic heterocycles. The van der Waals surface area contributed by atoms with Gasteiger partial charge in [0.2, 0.25) is 5.91 Å². The molecule has 9 heteroatoms. The van der Waals surface area contributed by atoms with E-state index >= 15 is 0 Å². The molecule has 0 bridgehead atoms. The lowest BCUT2D eigenvalue weighted by Crippen LogP contribution is -2.46. The number of hydrogen-bond acceptors (Lipinski definition) is 7. The largest absolute Gasteiger partial charge is 0.378 e. The highest BCUT2D eigenvalue weighted by Crippen LogP contribution is 2.31. The maximum absolute atomic E-state index is 12.9. The SMILES string of the molecule is CC(CC1CCC([C@H](C)C(=O)N2CCOCC2)O1)n1cc(CN2CCN(c3ccccc3)CC2)nn1. The third-order valence-corrected chi connectivity index (χ3v) is 7.90. The Hall–Kier alpha value is -2.49. The highest BCUT2D eigenvalue weighted by molar-refractivity contribution is 5.79. The number of hydrogen-bond donors (Lipinski definition) is 0. The van der Waals surface area contributed by atoms with Crippen molar-refractivity contribution in [2.45, 2.75) is 57.9 Å². The predicted molar refractivity (Wildman–Crippen MR) is 138 cm³/mol. The minimum absolute atomic E-state index is 0.00148. The molecule has 5 rings (SSSR count). The van der Waals surface area contributed by atoms with Crippen molar-refractivity contribution in [2.24, 2.45) is 5.92 Å². The van der Waals surface area contributed by atoms with Crippen molar-refractivity contribution < 1.29 is 14.3 Å². The summed E-state index contributed by atoms with van der Waals surface area (Å²) in [7, 11) is 0. The Bertz CT molecular complexity index is 971. The molecule has 0 aliphatic carbocycles. The molecular weight excluding hydrogens is 456 g/mol. The zero-order chi connectivity index (χ0) is 24.9. The molecule has 196 valence electrons. The first kappa shape index (κ1) is 25.2. The van der Waals surface area contributed by atoms with Gasteiger partial charge >= 0.3 is 0 Å². The van der Waals surface area contributed by atoms with Gasteiger partial charge in [-0.2, -0.15) is 0 Å². The van der Waals surface area contributed by atoms with Crippen LogP contribution in [0.4, 0.5) is 5.69 Å². The highest BCUT2D eigenvalue weighted by atomic mass is 16.5. The van der Waals surface area contributed by atoms with Crippen LogP contribution in [0.3, 0.4) is 0 Å². The van der Waals surface area contributed by atoms with Gasteiger partial charge in [0.15, 0.2) is 0 Å². The summed E-state index contributed by atoms with van der Waals surface area (Å²) in [6.45, 7) is 11.8. The van der Waals surface area contributed by atoms with E-state index < -0.39 is 0 Å². The van der Waals surface area contributed by atoms with Gasteiger partial charge in [0.1, 0.15) is 0 Å². The lowest BCUT2D eigenvalue weighted by atomic mass is 9.99. The van der Waals surface area contributed by atoms with E-state index in [0.29, 0.717) is 26.3 Å². The van der Waals surface area contributed by atoms with Gasteiger partial charge in [-0.25, -0.2) is 4.68 Å². The minimum Gasteiger partial charge on any atom is -0.378 e. The molecule has 0 N–H and O–H groups in total. The Balaban J connectivity index is 1.06. The fourth-order valence-corrected chi connectivity index (χ4v) is 5.63. The van der Waals surface area contributed by atoms with Crippen LogP contribution in [-0.4, -0.2) is 95.4 Å². The second-order valence-electron chi connectivity index (χ2n) is 10.5. The number of benzene rings is 1. The van der Waals surface area contributed by atoms with Gasteiger partial charge in [-0.15, -0.1) is 5.10 Å². The zero-order valence-electron chi connectivity index (χ0n) is 21.7. The summed E-state index contributed by atoms with van der Waals surface area (Å²) in [5.74, 6) is 0.0891. The second kappa shape index (κ2) is 11.7. The van der Waals surface area contributed by atoms with Crippen LogP contribution in [0.1, 0.15) is 44.8 Å². The van der Waals surface area contributed by atoms with E-state index in [-0.39, 0.29) is 30.1 Å². The predicted octanol–water partition coefficient (Wildman–Crippen LogP) is 2.59. The number of carbonyl (C=O) groups is 1. The summed E-state index contributed by atoms with van der Waals surface area (Å²) >= 11 is 0. The van der Waals surface area contributed by atoms with E-state index in [0.717, 1.165) is 57.7 Å². The van der Waals surface area contributed by atoms with Crippen molar-refractivity contribution in [3.63, 3.8) is 0 Å². The molecule has 0 saturated carbocycles. The maximum atomic E-state index is 12.9. The summed E-state index contributed by atoms with van der Waals surface area (Å²) < 4.78 is 13.7. The Kier molecular flexibility index (Phi) is 8.19.